The molecule has 1 heterocycles. The lowest BCUT2D eigenvalue weighted by Crippen LogP contribution is -2.32. The van der Waals surface area contributed by atoms with Crippen molar-refractivity contribution in [2.45, 2.75) is 32.6 Å². The fourth-order valence-electron chi connectivity index (χ4n) is 1.69. The van der Waals surface area contributed by atoms with Gasteiger partial charge in [0.15, 0.2) is 10.2 Å². The number of thiazole rings is 1. The maximum atomic E-state index is 10.8. The highest BCUT2D eigenvalue weighted by molar-refractivity contribution is 7.80. The Morgan fingerprint density at radius 1 is 1.44 bits per heavy atom. The summed E-state index contributed by atoms with van der Waals surface area (Å²) in [4.78, 5) is 16.6. The number of aryl methyl sites for hydroxylation is 2. The average Bonchev–Trinajstić information content (AvgIpc) is 2.57. The SMILES string of the molecule is CC(=O)NC(=S)Nc1nc2c(s1)CCCC2. The summed E-state index contributed by atoms with van der Waals surface area (Å²) >= 11 is 6.61. The number of hydrogen-bond donors (Lipinski definition) is 2. The van der Waals surface area contributed by atoms with E-state index in [1.165, 1.54) is 30.3 Å². The molecule has 0 aromatic carbocycles. The molecular weight excluding hydrogens is 242 g/mol. The van der Waals surface area contributed by atoms with E-state index in [0.29, 0.717) is 5.11 Å². The molecule has 4 nitrogen and oxygen atoms in total. The third-order valence-corrected chi connectivity index (χ3v) is 3.63. The van der Waals surface area contributed by atoms with Gasteiger partial charge >= 0.3 is 0 Å². The number of hydrogen-bond acceptors (Lipinski definition) is 4. The van der Waals surface area contributed by atoms with Crippen LogP contribution in [0.3, 0.4) is 0 Å². The molecule has 1 aliphatic carbocycles. The zero-order chi connectivity index (χ0) is 11.5. The first-order valence-electron chi connectivity index (χ1n) is 5.22. The van der Waals surface area contributed by atoms with Crippen LogP contribution in [0.4, 0.5) is 5.13 Å². The van der Waals surface area contributed by atoms with E-state index in [4.69, 9.17) is 12.2 Å². The predicted octanol–water partition coefficient (Wildman–Crippen LogP) is 1.85. The molecule has 0 radical (unpaired) electrons. The van der Waals surface area contributed by atoms with Gasteiger partial charge in [-0.3, -0.25) is 4.79 Å². The first-order valence-corrected chi connectivity index (χ1v) is 6.45. The molecule has 1 aromatic heterocycles. The third-order valence-electron chi connectivity index (χ3n) is 2.36. The van der Waals surface area contributed by atoms with Gasteiger partial charge in [0.1, 0.15) is 0 Å². The normalized spacial score (nSPS) is 14.1. The molecule has 2 rings (SSSR count). The molecule has 1 amide bonds. The molecule has 16 heavy (non-hydrogen) atoms. The largest absolute Gasteiger partial charge is 0.308 e. The Hall–Kier alpha value is -1.01. The van der Waals surface area contributed by atoms with E-state index in [0.717, 1.165) is 18.0 Å². The first-order chi connectivity index (χ1) is 7.65. The van der Waals surface area contributed by atoms with Crippen LogP contribution in [0.25, 0.3) is 0 Å². The minimum atomic E-state index is -0.168. The zero-order valence-corrected chi connectivity index (χ0v) is 10.6. The van der Waals surface area contributed by atoms with Crippen LogP contribution in [-0.4, -0.2) is 16.0 Å². The molecule has 2 N–H and O–H groups in total. The minimum absolute atomic E-state index is 0.168. The van der Waals surface area contributed by atoms with E-state index in [1.54, 1.807) is 11.3 Å². The van der Waals surface area contributed by atoms with Crippen molar-refractivity contribution in [1.29, 1.82) is 0 Å². The van der Waals surface area contributed by atoms with Gasteiger partial charge in [-0.25, -0.2) is 4.98 Å². The predicted molar refractivity (Wildman–Crippen MR) is 68.8 cm³/mol. The van der Waals surface area contributed by atoms with E-state index in [9.17, 15) is 4.79 Å². The van der Waals surface area contributed by atoms with Crippen molar-refractivity contribution in [2.24, 2.45) is 0 Å². The second-order valence-electron chi connectivity index (χ2n) is 3.73. The summed E-state index contributed by atoms with van der Waals surface area (Å²) in [7, 11) is 0. The van der Waals surface area contributed by atoms with Crippen molar-refractivity contribution in [2.75, 3.05) is 5.32 Å². The number of rotatable bonds is 1. The summed E-state index contributed by atoms with van der Waals surface area (Å²) < 4.78 is 0. The van der Waals surface area contributed by atoms with E-state index in [1.807, 2.05) is 0 Å². The molecular formula is C10H13N3OS2. The third kappa shape index (κ3) is 2.76. The average molecular weight is 255 g/mol. The Bertz CT molecular complexity index is 404. The van der Waals surface area contributed by atoms with E-state index in [2.05, 4.69) is 15.6 Å². The van der Waals surface area contributed by atoms with Gasteiger partial charge in [0.25, 0.3) is 0 Å². The minimum Gasteiger partial charge on any atom is -0.308 e. The number of amides is 1. The van der Waals surface area contributed by atoms with Crippen LogP contribution in [0.2, 0.25) is 0 Å². The van der Waals surface area contributed by atoms with Crippen molar-refractivity contribution < 1.29 is 4.79 Å². The highest BCUT2D eigenvalue weighted by atomic mass is 32.1. The fourth-order valence-corrected chi connectivity index (χ4v) is 3.05. The van der Waals surface area contributed by atoms with Crippen molar-refractivity contribution in [3.05, 3.63) is 10.6 Å². The van der Waals surface area contributed by atoms with Gasteiger partial charge in [0.2, 0.25) is 5.91 Å². The maximum absolute atomic E-state index is 10.8. The molecule has 0 fully saturated rings. The van der Waals surface area contributed by atoms with Gasteiger partial charge in [0.05, 0.1) is 5.69 Å². The molecule has 0 spiro atoms. The van der Waals surface area contributed by atoms with Crippen LogP contribution in [0.15, 0.2) is 0 Å². The van der Waals surface area contributed by atoms with Crippen molar-refractivity contribution in [3.8, 4) is 0 Å². The summed E-state index contributed by atoms with van der Waals surface area (Å²) in [6, 6.07) is 0. The summed E-state index contributed by atoms with van der Waals surface area (Å²) in [5, 5.41) is 6.56. The zero-order valence-electron chi connectivity index (χ0n) is 9.00. The molecule has 0 saturated heterocycles. The number of carbonyl (C=O) groups is 1. The monoisotopic (exact) mass is 255 g/mol. The lowest BCUT2D eigenvalue weighted by molar-refractivity contribution is -0.117. The Balaban J connectivity index is 2.02. The Morgan fingerprint density at radius 2 is 2.19 bits per heavy atom. The Morgan fingerprint density at radius 3 is 2.88 bits per heavy atom. The van der Waals surface area contributed by atoms with Crippen LogP contribution < -0.4 is 10.6 Å². The van der Waals surface area contributed by atoms with E-state index < -0.39 is 0 Å². The molecule has 0 bridgehead atoms. The lowest BCUT2D eigenvalue weighted by atomic mass is 10.0. The van der Waals surface area contributed by atoms with Gasteiger partial charge in [-0.1, -0.05) is 0 Å². The quantitative estimate of drug-likeness (QED) is 0.752. The van der Waals surface area contributed by atoms with Gasteiger partial charge in [-0.15, -0.1) is 11.3 Å². The molecule has 0 saturated carbocycles. The van der Waals surface area contributed by atoms with Crippen LogP contribution in [0, 0.1) is 0 Å². The summed E-state index contributed by atoms with van der Waals surface area (Å²) in [5.74, 6) is -0.168. The molecule has 86 valence electrons. The molecule has 0 atom stereocenters. The number of anilines is 1. The Labute approximate surface area is 103 Å². The van der Waals surface area contributed by atoms with Gasteiger partial charge < -0.3 is 10.6 Å². The molecule has 6 heteroatoms. The first kappa shape index (κ1) is 11.5. The second-order valence-corrected chi connectivity index (χ2v) is 5.22. The topological polar surface area (TPSA) is 54.0 Å². The van der Waals surface area contributed by atoms with Crippen molar-refractivity contribution >= 4 is 39.7 Å². The van der Waals surface area contributed by atoms with Crippen LogP contribution >= 0.6 is 23.6 Å². The highest BCUT2D eigenvalue weighted by Crippen LogP contribution is 2.29. The summed E-state index contributed by atoms with van der Waals surface area (Å²) in [5.41, 5.74) is 1.18. The fraction of sp³-hybridized carbons (Fsp3) is 0.500. The van der Waals surface area contributed by atoms with Crippen LogP contribution in [0.5, 0.6) is 0 Å². The summed E-state index contributed by atoms with van der Waals surface area (Å²) in [6.07, 6.45) is 4.62. The van der Waals surface area contributed by atoms with Crippen molar-refractivity contribution in [1.82, 2.24) is 10.3 Å². The standard InChI is InChI=1S/C10H13N3OS2/c1-6(14)11-9(15)13-10-12-7-4-2-3-5-8(7)16-10/h2-5H2,1H3,(H2,11,12,13,14,15). The number of thiocarbonyl (C=S) groups is 1. The van der Waals surface area contributed by atoms with Gasteiger partial charge in [0, 0.05) is 11.8 Å². The van der Waals surface area contributed by atoms with Gasteiger partial charge in [-0.2, -0.15) is 0 Å². The molecule has 0 aliphatic heterocycles. The van der Waals surface area contributed by atoms with Crippen molar-refractivity contribution in [3.63, 3.8) is 0 Å². The summed E-state index contributed by atoms with van der Waals surface area (Å²) in [6.45, 7) is 1.43. The maximum Gasteiger partial charge on any atom is 0.222 e. The number of nitrogens with zero attached hydrogens (tertiary/aromatic N) is 1. The Kier molecular flexibility index (Phi) is 3.50. The second kappa shape index (κ2) is 4.88. The highest BCUT2D eigenvalue weighted by Gasteiger charge is 2.15. The van der Waals surface area contributed by atoms with Gasteiger partial charge in [-0.05, 0) is 37.9 Å². The molecule has 1 aromatic rings. The molecule has 1 aliphatic rings. The number of fused-ring (bicyclic) bond motifs is 1. The number of aromatic nitrogens is 1. The number of carbonyl (C=O) groups excluding carboxylic acids is 1. The molecule has 0 unspecified atom stereocenters. The number of nitrogens with one attached hydrogen (secondary N) is 2. The van der Waals surface area contributed by atoms with E-state index in [-0.39, 0.29) is 5.91 Å². The lowest BCUT2D eigenvalue weighted by Gasteiger charge is -2.06. The van der Waals surface area contributed by atoms with E-state index >= 15 is 0 Å². The smallest absolute Gasteiger partial charge is 0.222 e. The van der Waals surface area contributed by atoms with Crippen LogP contribution in [0.1, 0.15) is 30.3 Å². The van der Waals surface area contributed by atoms with Crippen LogP contribution in [-0.2, 0) is 17.6 Å².